The third-order valence-corrected chi connectivity index (χ3v) is 5.10. The number of carbonyl (C=O) groups excluding carboxylic acids is 3. The second-order valence-corrected chi connectivity index (χ2v) is 7.31. The van der Waals surface area contributed by atoms with Gasteiger partial charge in [-0.3, -0.25) is 14.5 Å². The molecule has 0 saturated carbocycles. The molecule has 0 aromatic heterocycles. The number of hydrogen-bond acceptors (Lipinski definition) is 5. The fourth-order valence-corrected chi connectivity index (χ4v) is 3.29. The van der Waals surface area contributed by atoms with Gasteiger partial charge in [-0.1, -0.05) is 23.9 Å². The highest BCUT2D eigenvalue weighted by molar-refractivity contribution is 8.14. The van der Waals surface area contributed by atoms with E-state index in [2.05, 4.69) is 5.32 Å². The molecule has 1 aliphatic rings. The second-order valence-electron chi connectivity index (χ2n) is 6.39. The number of nitrogens with one attached hydrogen (secondary N) is 1. The maximum absolute atomic E-state index is 12.9. The molecule has 1 saturated heterocycles. The van der Waals surface area contributed by atoms with E-state index in [1.807, 2.05) is 0 Å². The van der Waals surface area contributed by atoms with Gasteiger partial charge in [0.1, 0.15) is 18.2 Å². The van der Waals surface area contributed by atoms with Crippen molar-refractivity contribution in [1.82, 2.24) is 9.80 Å². The fourth-order valence-electron chi connectivity index (χ4n) is 2.56. The summed E-state index contributed by atoms with van der Waals surface area (Å²) < 4.78 is 18.3. The lowest BCUT2D eigenvalue weighted by Crippen LogP contribution is -2.34. The van der Waals surface area contributed by atoms with Gasteiger partial charge < -0.3 is 15.0 Å². The number of thioether (sulfide) groups is 1. The van der Waals surface area contributed by atoms with Crippen LogP contribution >= 0.6 is 11.8 Å². The van der Waals surface area contributed by atoms with Crippen LogP contribution in [0.4, 0.5) is 19.7 Å². The number of urea groups is 1. The zero-order valence-corrected chi connectivity index (χ0v) is 16.6. The van der Waals surface area contributed by atoms with Crippen LogP contribution in [0.1, 0.15) is 5.56 Å². The molecule has 29 heavy (non-hydrogen) atoms. The Morgan fingerprint density at radius 2 is 1.86 bits per heavy atom. The van der Waals surface area contributed by atoms with Gasteiger partial charge >= 0.3 is 6.03 Å². The van der Waals surface area contributed by atoms with Gasteiger partial charge in [-0.2, -0.15) is 0 Å². The van der Waals surface area contributed by atoms with Crippen molar-refractivity contribution in [2.75, 3.05) is 31.3 Å². The summed E-state index contributed by atoms with van der Waals surface area (Å²) >= 11 is 1.00. The van der Waals surface area contributed by atoms with E-state index < -0.39 is 0 Å². The number of rotatable bonds is 7. The van der Waals surface area contributed by atoms with Gasteiger partial charge in [0.15, 0.2) is 0 Å². The summed E-state index contributed by atoms with van der Waals surface area (Å²) in [6, 6.07) is 12.3. The summed E-state index contributed by atoms with van der Waals surface area (Å²) in [6.07, 6.45) is 0. The average molecular weight is 417 g/mol. The maximum atomic E-state index is 12.9. The SMILES string of the molecule is CN(CCOc1ccc(F)cc1)C(=O)Nc1ccc(CN2C(=O)CSC2=O)cc1. The smallest absolute Gasteiger partial charge is 0.321 e. The van der Waals surface area contributed by atoms with Crippen molar-refractivity contribution in [2.45, 2.75) is 6.54 Å². The van der Waals surface area contributed by atoms with E-state index in [0.29, 0.717) is 18.0 Å². The number of imide groups is 1. The largest absolute Gasteiger partial charge is 0.492 e. The Labute approximate surface area is 171 Å². The molecule has 2 aromatic carbocycles. The highest BCUT2D eigenvalue weighted by Crippen LogP contribution is 2.22. The maximum Gasteiger partial charge on any atom is 0.321 e. The lowest BCUT2D eigenvalue weighted by atomic mass is 10.2. The molecule has 9 heteroatoms. The zero-order valence-electron chi connectivity index (χ0n) is 15.8. The molecular formula is C20H20FN3O4S. The molecule has 7 nitrogen and oxygen atoms in total. The Bertz CT molecular complexity index is 874. The van der Waals surface area contributed by atoms with Crippen molar-refractivity contribution >= 4 is 34.6 Å². The first-order chi connectivity index (χ1) is 13.9. The van der Waals surface area contributed by atoms with Crippen LogP contribution in [0.25, 0.3) is 0 Å². The number of nitrogens with zero attached hydrogens (tertiary/aromatic N) is 2. The molecule has 0 unspecified atom stereocenters. The quantitative estimate of drug-likeness (QED) is 0.745. The monoisotopic (exact) mass is 417 g/mol. The third-order valence-electron chi connectivity index (χ3n) is 4.24. The average Bonchev–Trinajstić information content (AvgIpc) is 3.02. The molecule has 152 valence electrons. The van der Waals surface area contributed by atoms with Crippen molar-refractivity contribution in [3.8, 4) is 5.75 Å². The van der Waals surface area contributed by atoms with Crippen molar-refractivity contribution in [1.29, 1.82) is 0 Å². The number of halogens is 1. The van der Waals surface area contributed by atoms with Crippen LogP contribution < -0.4 is 10.1 Å². The number of amides is 4. The number of carbonyl (C=O) groups is 3. The Balaban J connectivity index is 1.45. The van der Waals surface area contributed by atoms with E-state index in [1.165, 1.54) is 34.1 Å². The first kappa shape index (κ1) is 20.7. The van der Waals surface area contributed by atoms with Gasteiger partial charge in [0.25, 0.3) is 5.24 Å². The predicted octanol–water partition coefficient (Wildman–Crippen LogP) is 3.56. The summed E-state index contributed by atoms with van der Waals surface area (Å²) in [5, 5.41) is 2.53. The molecule has 1 fully saturated rings. The van der Waals surface area contributed by atoms with Gasteiger partial charge in [-0.15, -0.1) is 0 Å². The van der Waals surface area contributed by atoms with E-state index in [-0.39, 0.29) is 41.9 Å². The number of likely N-dealkylation sites (N-methyl/N-ethyl adjacent to an activating group) is 1. The Morgan fingerprint density at radius 3 is 2.48 bits per heavy atom. The second kappa shape index (κ2) is 9.42. The van der Waals surface area contributed by atoms with E-state index in [0.717, 1.165) is 17.3 Å². The summed E-state index contributed by atoms with van der Waals surface area (Å²) in [4.78, 5) is 38.3. The number of benzene rings is 2. The molecule has 2 aromatic rings. The number of hydrogen-bond donors (Lipinski definition) is 1. The molecular weight excluding hydrogens is 397 g/mol. The minimum absolute atomic E-state index is 0.185. The van der Waals surface area contributed by atoms with Crippen LogP contribution in [0.2, 0.25) is 0 Å². The minimum Gasteiger partial charge on any atom is -0.492 e. The Kier molecular flexibility index (Phi) is 6.71. The van der Waals surface area contributed by atoms with Gasteiger partial charge in [0.05, 0.1) is 18.8 Å². The predicted molar refractivity (Wildman–Crippen MR) is 108 cm³/mol. The van der Waals surface area contributed by atoms with E-state index in [4.69, 9.17) is 4.74 Å². The van der Waals surface area contributed by atoms with E-state index in [9.17, 15) is 18.8 Å². The molecule has 0 radical (unpaired) electrons. The van der Waals surface area contributed by atoms with Crippen LogP contribution in [0, 0.1) is 5.82 Å². The van der Waals surface area contributed by atoms with Gasteiger partial charge in [0, 0.05) is 12.7 Å². The van der Waals surface area contributed by atoms with Crippen LogP contribution in [-0.2, 0) is 11.3 Å². The summed E-state index contributed by atoms with van der Waals surface area (Å²) in [6.45, 7) is 0.835. The molecule has 1 N–H and O–H groups in total. The summed E-state index contributed by atoms with van der Waals surface area (Å²) in [7, 11) is 1.64. The highest BCUT2D eigenvalue weighted by Gasteiger charge is 2.29. The molecule has 1 aliphatic heterocycles. The highest BCUT2D eigenvalue weighted by atomic mass is 32.2. The van der Waals surface area contributed by atoms with Gasteiger partial charge in [0.2, 0.25) is 5.91 Å². The van der Waals surface area contributed by atoms with Crippen molar-refractivity contribution in [2.24, 2.45) is 0 Å². The van der Waals surface area contributed by atoms with Crippen molar-refractivity contribution in [3.05, 3.63) is 59.9 Å². The number of ether oxygens (including phenoxy) is 1. The fraction of sp³-hybridized carbons (Fsp3) is 0.250. The van der Waals surface area contributed by atoms with Crippen LogP contribution in [0.5, 0.6) is 5.75 Å². The molecule has 0 spiro atoms. The topological polar surface area (TPSA) is 79.0 Å². The van der Waals surface area contributed by atoms with Crippen LogP contribution in [0.15, 0.2) is 48.5 Å². The molecule has 3 rings (SSSR count). The molecule has 1 heterocycles. The van der Waals surface area contributed by atoms with Crippen LogP contribution in [0.3, 0.4) is 0 Å². The first-order valence-corrected chi connectivity index (χ1v) is 9.87. The first-order valence-electron chi connectivity index (χ1n) is 8.89. The normalized spacial score (nSPS) is 13.5. The van der Waals surface area contributed by atoms with Crippen molar-refractivity contribution < 1.29 is 23.5 Å². The molecule has 0 aliphatic carbocycles. The summed E-state index contributed by atoms with van der Waals surface area (Å²) in [5.41, 5.74) is 1.40. The Morgan fingerprint density at radius 1 is 1.17 bits per heavy atom. The molecule has 0 atom stereocenters. The lowest BCUT2D eigenvalue weighted by molar-refractivity contribution is -0.125. The summed E-state index contributed by atoms with van der Waals surface area (Å²) in [5.74, 6) is 0.188. The van der Waals surface area contributed by atoms with Crippen LogP contribution in [-0.4, -0.2) is 52.9 Å². The van der Waals surface area contributed by atoms with Gasteiger partial charge in [-0.05, 0) is 42.0 Å². The van der Waals surface area contributed by atoms with E-state index in [1.54, 1.807) is 31.3 Å². The standard InChI is InChI=1S/C20H20FN3O4S/c1-23(10-11-28-17-8-4-15(21)5-9-17)19(26)22-16-6-2-14(3-7-16)12-24-18(25)13-29-20(24)27/h2-9H,10-13H2,1H3,(H,22,26). The zero-order chi connectivity index (χ0) is 20.8. The molecule has 4 amide bonds. The van der Waals surface area contributed by atoms with Gasteiger partial charge in [-0.25, -0.2) is 9.18 Å². The minimum atomic E-state index is -0.336. The molecule has 0 bridgehead atoms. The van der Waals surface area contributed by atoms with E-state index >= 15 is 0 Å². The Hall–Kier alpha value is -3.07. The third kappa shape index (κ3) is 5.71. The number of anilines is 1. The lowest BCUT2D eigenvalue weighted by Gasteiger charge is -2.18. The van der Waals surface area contributed by atoms with Crippen molar-refractivity contribution in [3.63, 3.8) is 0 Å².